The molecule has 1 amide bonds. The first-order valence-electron chi connectivity index (χ1n) is 7.56. The van der Waals surface area contributed by atoms with E-state index in [2.05, 4.69) is 5.32 Å². The van der Waals surface area contributed by atoms with E-state index in [1.165, 1.54) is 24.3 Å². The van der Waals surface area contributed by atoms with Crippen molar-refractivity contribution in [3.63, 3.8) is 0 Å². The van der Waals surface area contributed by atoms with Crippen LogP contribution in [0, 0.1) is 10.1 Å². The standard InChI is InChI=1S/C18H18N2O5/c1-24-16-6-8-17(9-7-16)25-12-11-19-18(21)10-5-14-3-2-4-15(13-14)20(22)23/h2-10,13H,11-12H2,1H3,(H,19,21)/b10-5+. The summed E-state index contributed by atoms with van der Waals surface area (Å²) < 4.78 is 10.5. The highest BCUT2D eigenvalue weighted by Crippen LogP contribution is 2.16. The molecule has 0 saturated carbocycles. The van der Waals surface area contributed by atoms with Crippen LogP contribution < -0.4 is 14.8 Å². The Bertz CT molecular complexity index is 756. The zero-order valence-electron chi connectivity index (χ0n) is 13.7. The number of nitro benzene ring substituents is 1. The number of non-ortho nitro benzene ring substituents is 1. The summed E-state index contributed by atoms with van der Waals surface area (Å²) in [4.78, 5) is 21.9. The lowest BCUT2D eigenvalue weighted by Crippen LogP contribution is -2.26. The molecule has 0 fully saturated rings. The van der Waals surface area contributed by atoms with E-state index in [0.717, 1.165) is 5.75 Å². The van der Waals surface area contributed by atoms with Gasteiger partial charge in [-0.3, -0.25) is 14.9 Å². The van der Waals surface area contributed by atoms with Gasteiger partial charge in [-0.2, -0.15) is 0 Å². The van der Waals surface area contributed by atoms with Crippen molar-refractivity contribution in [3.8, 4) is 11.5 Å². The largest absolute Gasteiger partial charge is 0.497 e. The minimum Gasteiger partial charge on any atom is -0.497 e. The smallest absolute Gasteiger partial charge is 0.270 e. The van der Waals surface area contributed by atoms with Gasteiger partial charge in [-0.25, -0.2) is 0 Å². The van der Waals surface area contributed by atoms with Gasteiger partial charge in [0.2, 0.25) is 5.91 Å². The molecule has 0 aliphatic carbocycles. The molecule has 7 heteroatoms. The number of rotatable bonds is 8. The lowest BCUT2D eigenvalue weighted by molar-refractivity contribution is -0.384. The van der Waals surface area contributed by atoms with Gasteiger partial charge >= 0.3 is 0 Å². The second-order valence-electron chi connectivity index (χ2n) is 5.00. The Kier molecular flexibility index (Phi) is 6.53. The van der Waals surface area contributed by atoms with Crippen LogP contribution in [0.3, 0.4) is 0 Å². The Morgan fingerprint density at radius 2 is 1.92 bits per heavy atom. The number of nitro groups is 1. The molecule has 0 aliphatic heterocycles. The van der Waals surface area contributed by atoms with E-state index in [4.69, 9.17) is 9.47 Å². The predicted octanol–water partition coefficient (Wildman–Crippen LogP) is 2.81. The van der Waals surface area contributed by atoms with Crippen LogP contribution >= 0.6 is 0 Å². The van der Waals surface area contributed by atoms with Gasteiger partial charge in [0, 0.05) is 18.2 Å². The monoisotopic (exact) mass is 342 g/mol. The fourth-order valence-electron chi connectivity index (χ4n) is 1.99. The molecule has 0 bridgehead atoms. The molecule has 0 heterocycles. The van der Waals surface area contributed by atoms with Gasteiger partial charge in [0.1, 0.15) is 18.1 Å². The summed E-state index contributed by atoms with van der Waals surface area (Å²) in [6, 6.07) is 13.2. The minimum atomic E-state index is -0.478. The van der Waals surface area contributed by atoms with E-state index >= 15 is 0 Å². The van der Waals surface area contributed by atoms with Crippen LogP contribution in [-0.4, -0.2) is 31.1 Å². The maximum Gasteiger partial charge on any atom is 0.270 e. The molecular formula is C18H18N2O5. The molecule has 0 spiro atoms. The summed E-state index contributed by atoms with van der Waals surface area (Å²) in [6.45, 7) is 0.660. The third-order valence-corrected chi connectivity index (χ3v) is 3.24. The van der Waals surface area contributed by atoms with Gasteiger partial charge in [-0.05, 0) is 35.9 Å². The number of carbonyl (C=O) groups is 1. The second-order valence-corrected chi connectivity index (χ2v) is 5.00. The maximum absolute atomic E-state index is 11.7. The highest BCUT2D eigenvalue weighted by Gasteiger charge is 2.04. The first kappa shape index (κ1) is 18.0. The number of carbonyl (C=O) groups excluding carboxylic acids is 1. The highest BCUT2D eigenvalue weighted by molar-refractivity contribution is 5.91. The Balaban J connectivity index is 1.74. The zero-order chi connectivity index (χ0) is 18.1. The average Bonchev–Trinajstić information content (AvgIpc) is 2.64. The number of methoxy groups -OCH3 is 1. The first-order chi connectivity index (χ1) is 12.1. The van der Waals surface area contributed by atoms with Crippen LogP contribution in [0.4, 0.5) is 5.69 Å². The molecular weight excluding hydrogens is 324 g/mol. The molecule has 1 N–H and O–H groups in total. The van der Waals surface area contributed by atoms with Crippen LogP contribution in [0.1, 0.15) is 5.56 Å². The summed E-state index contributed by atoms with van der Waals surface area (Å²) >= 11 is 0. The van der Waals surface area contributed by atoms with Crippen molar-refractivity contribution in [3.05, 3.63) is 70.3 Å². The third-order valence-electron chi connectivity index (χ3n) is 3.24. The Morgan fingerprint density at radius 1 is 1.20 bits per heavy atom. The molecule has 0 aromatic heterocycles. The van der Waals surface area contributed by atoms with Crippen LogP contribution in [0.25, 0.3) is 6.08 Å². The summed E-state index contributed by atoms with van der Waals surface area (Å²) in [5.74, 6) is 1.12. The van der Waals surface area contributed by atoms with Crippen molar-refractivity contribution in [2.24, 2.45) is 0 Å². The van der Waals surface area contributed by atoms with E-state index in [1.54, 1.807) is 43.5 Å². The zero-order valence-corrected chi connectivity index (χ0v) is 13.7. The summed E-state index contributed by atoms with van der Waals surface area (Å²) in [7, 11) is 1.59. The molecule has 2 aromatic carbocycles. The number of hydrogen-bond donors (Lipinski definition) is 1. The molecule has 0 atom stereocenters. The Labute approximate surface area is 145 Å². The Hall–Kier alpha value is -3.35. The summed E-state index contributed by atoms with van der Waals surface area (Å²) in [5, 5.41) is 13.4. The lowest BCUT2D eigenvalue weighted by atomic mass is 10.2. The van der Waals surface area contributed by atoms with Crippen molar-refractivity contribution in [2.75, 3.05) is 20.3 Å². The number of hydrogen-bond acceptors (Lipinski definition) is 5. The quantitative estimate of drug-likeness (QED) is 0.345. The van der Waals surface area contributed by atoms with E-state index < -0.39 is 4.92 Å². The van der Waals surface area contributed by atoms with Crippen molar-refractivity contribution in [1.29, 1.82) is 0 Å². The topological polar surface area (TPSA) is 90.7 Å². The van der Waals surface area contributed by atoms with Gasteiger partial charge in [0.25, 0.3) is 5.69 Å². The number of nitrogens with one attached hydrogen (secondary N) is 1. The van der Waals surface area contributed by atoms with Crippen LogP contribution in [-0.2, 0) is 4.79 Å². The van der Waals surface area contributed by atoms with Crippen LogP contribution in [0.15, 0.2) is 54.6 Å². The fraction of sp³-hybridized carbons (Fsp3) is 0.167. The molecule has 0 aliphatic rings. The number of nitrogens with zero attached hydrogens (tertiary/aromatic N) is 1. The molecule has 0 unspecified atom stereocenters. The third kappa shape index (κ3) is 5.98. The van der Waals surface area contributed by atoms with Crippen LogP contribution in [0.2, 0.25) is 0 Å². The van der Waals surface area contributed by atoms with E-state index in [1.807, 2.05) is 0 Å². The number of ether oxygens (including phenoxy) is 2. The van der Waals surface area contributed by atoms with Gasteiger partial charge in [0.05, 0.1) is 18.6 Å². The lowest BCUT2D eigenvalue weighted by Gasteiger charge is -2.07. The van der Waals surface area contributed by atoms with Crippen molar-refractivity contribution in [1.82, 2.24) is 5.32 Å². The second kappa shape index (κ2) is 9.07. The molecule has 0 radical (unpaired) electrons. The van der Waals surface area contributed by atoms with Gasteiger partial charge < -0.3 is 14.8 Å². The van der Waals surface area contributed by atoms with Gasteiger partial charge in [-0.15, -0.1) is 0 Å². The molecule has 7 nitrogen and oxygen atoms in total. The van der Waals surface area contributed by atoms with E-state index in [9.17, 15) is 14.9 Å². The highest BCUT2D eigenvalue weighted by atomic mass is 16.6. The van der Waals surface area contributed by atoms with Crippen molar-refractivity contribution in [2.45, 2.75) is 0 Å². The minimum absolute atomic E-state index is 0.0181. The summed E-state index contributed by atoms with van der Waals surface area (Å²) in [5.41, 5.74) is 0.564. The summed E-state index contributed by atoms with van der Waals surface area (Å²) in [6.07, 6.45) is 2.85. The molecule has 130 valence electrons. The SMILES string of the molecule is COc1ccc(OCCNC(=O)/C=C/c2cccc([N+](=O)[O-])c2)cc1. The Morgan fingerprint density at radius 3 is 2.60 bits per heavy atom. The fourth-order valence-corrected chi connectivity index (χ4v) is 1.99. The molecule has 2 rings (SSSR count). The van der Waals surface area contributed by atoms with E-state index in [-0.39, 0.29) is 11.6 Å². The number of amides is 1. The number of benzene rings is 2. The predicted molar refractivity (Wildman–Crippen MR) is 93.6 cm³/mol. The molecule has 0 saturated heterocycles. The molecule has 25 heavy (non-hydrogen) atoms. The van der Waals surface area contributed by atoms with E-state index in [0.29, 0.717) is 24.5 Å². The first-order valence-corrected chi connectivity index (χ1v) is 7.56. The van der Waals surface area contributed by atoms with Crippen LogP contribution in [0.5, 0.6) is 11.5 Å². The normalized spacial score (nSPS) is 10.4. The average molecular weight is 342 g/mol. The van der Waals surface area contributed by atoms with Gasteiger partial charge in [0.15, 0.2) is 0 Å². The maximum atomic E-state index is 11.7. The van der Waals surface area contributed by atoms with Crippen molar-refractivity contribution < 1.29 is 19.2 Å². The molecule has 2 aromatic rings. The van der Waals surface area contributed by atoms with Gasteiger partial charge in [-0.1, -0.05) is 12.1 Å². The van der Waals surface area contributed by atoms with Crippen molar-refractivity contribution >= 4 is 17.7 Å².